The average molecular weight is 291 g/mol. The molecule has 21 heavy (non-hydrogen) atoms. The van der Waals surface area contributed by atoms with Gasteiger partial charge in [-0.25, -0.2) is 4.39 Å². The molecule has 0 saturated carbocycles. The van der Waals surface area contributed by atoms with Crippen molar-refractivity contribution in [1.29, 1.82) is 0 Å². The Bertz CT molecular complexity index is 599. The van der Waals surface area contributed by atoms with Crippen molar-refractivity contribution in [2.75, 3.05) is 26.6 Å². The smallest absolute Gasteiger partial charge is 0.203 e. The number of halogens is 1. The molecule has 0 aliphatic heterocycles. The van der Waals surface area contributed by atoms with Gasteiger partial charge in [-0.1, -0.05) is 0 Å². The zero-order valence-electron chi connectivity index (χ0n) is 12.3. The fraction of sp³-hybridized carbons (Fsp3) is 0.250. The highest BCUT2D eigenvalue weighted by Crippen LogP contribution is 2.39. The van der Waals surface area contributed by atoms with Crippen molar-refractivity contribution in [2.24, 2.45) is 0 Å². The Balaban J connectivity index is 2.21. The molecule has 0 aliphatic rings. The van der Waals surface area contributed by atoms with Gasteiger partial charge in [0.2, 0.25) is 5.75 Å². The molecular formula is C16H18FNO3. The van der Waals surface area contributed by atoms with E-state index in [1.165, 1.54) is 12.1 Å². The summed E-state index contributed by atoms with van der Waals surface area (Å²) in [6, 6.07) is 9.91. The van der Waals surface area contributed by atoms with E-state index in [0.717, 1.165) is 11.3 Å². The molecule has 0 heterocycles. The molecule has 5 heteroatoms. The van der Waals surface area contributed by atoms with Crippen LogP contribution in [0.2, 0.25) is 0 Å². The van der Waals surface area contributed by atoms with Gasteiger partial charge in [-0.2, -0.15) is 0 Å². The van der Waals surface area contributed by atoms with Gasteiger partial charge >= 0.3 is 0 Å². The number of hydrogen-bond acceptors (Lipinski definition) is 4. The Morgan fingerprint density at radius 1 is 0.857 bits per heavy atom. The van der Waals surface area contributed by atoms with Crippen LogP contribution in [-0.4, -0.2) is 21.3 Å². The molecule has 0 atom stereocenters. The van der Waals surface area contributed by atoms with E-state index in [1.54, 1.807) is 33.5 Å². The topological polar surface area (TPSA) is 39.7 Å². The molecular weight excluding hydrogens is 273 g/mol. The van der Waals surface area contributed by atoms with Gasteiger partial charge in [0.1, 0.15) is 5.82 Å². The number of hydrogen-bond donors (Lipinski definition) is 1. The highest BCUT2D eigenvalue weighted by Gasteiger charge is 2.15. The fourth-order valence-corrected chi connectivity index (χ4v) is 2.07. The van der Waals surface area contributed by atoms with E-state index in [4.69, 9.17) is 14.2 Å². The van der Waals surface area contributed by atoms with Gasteiger partial charge in [-0.05, 0) is 36.4 Å². The molecule has 2 rings (SSSR count). The van der Waals surface area contributed by atoms with Crippen LogP contribution in [-0.2, 0) is 6.54 Å². The lowest BCUT2D eigenvalue weighted by Crippen LogP contribution is -2.04. The lowest BCUT2D eigenvalue weighted by Gasteiger charge is -2.16. The zero-order chi connectivity index (χ0) is 15.2. The van der Waals surface area contributed by atoms with E-state index in [-0.39, 0.29) is 5.82 Å². The van der Waals surface area contributed by atoms with Crippen molar-refractivity contribution >= 4 is 5.69 Å². The predicted molar refractivity (Wildman–Crippen MR) is 79.8 cm³/mol. The Morgan fingerprint density at radius 2 is 1.52 bits per heavy atom. The monoisotopic (exact) mass is 291 g/mol. The Hall–Kier alpha value is -2.43. The van der Waals surface area contributed by atoms with Crippen molar-refractivity contribution in [3.8, 4) is 17.2 Å². The molecule has 0 aromatic heterocycles. The normalized spacial score (nSPS) is 10.1. The molecule has 0 radical (unpaired) electrons. The SMILES string of the molecule is COc1ccc(CNc2ccc(F)cc2)c(OC)c1OC. The molecule has 4 nitrogen and oxygen atoms in total. The summed E-state index contributed by atoms with van der Waals surface area (Å²) in [4.78, 5) is 0. The van der Waals surface area contributed by atoms with Crippen LogP contribution in [0.1, 0.15) is 5.56 Å². The fourth-order valence-electron chi connectivity index (χ4n) is 2.07. The summed E-state index contributed by atoms with van der Waals surface area (Å²) >= 11 is 0. The van der Waals surface area contributed by atoms with E-state index >= 15 is 0 Å². The molecule has 0 amide bonds. The van der Waals surface area contributed by atoms with Gasteiger partial charge in [0.25, 0.3) is 0 Å². The number of nitrogens with one attached hydrogen (secondary N) is 1. The van der Waals surface area contributed by atoms with Crippen LogP contribution < -0.4 is 19.5 Å². The van der Waals surface area contributed by atoms with Crippen LogP contribution in [0.5, 0.6) is 17.2 Å². The van der Waals surface area contributed by atoms with Crippen LogP contribution >= 0.6 is 0 Å². The van der Waals surface area contributed by atoms with Crippen LogP contribution in [0, 0.1) is 5.82 Å². The standard InChI is InChI=1S/C16H18FNO3/c1-19-14-9-4-11(15(20-2)16(14)21-3)10-18-13-7-5-12(17)6-8-13/h4-9,18H,10H2,1-3H3. The van der Waals surface area contributed by atoms with Gasteiger partial charge in [-0.15, -0.1) is 0 Å². The van der Waals surface area contributed by atoms with Crippen LogP contribution in [0.3, 0.4) is 0 Å². The molecule has 0 fully saturated rings. The van der Waals surface area contributed by atoms with Gasteiger partial charge < -0.3 is 19.5 Å². The highest BCUT2D eigenvalue weighted by molar-refractivity contribution is 5.57. The number of ether oxygens (including phenoxy) is 3. The van der Waals surface area contributed by atoms with E-state index in [1.807, 2.05) is 12.1 Å². The van der Waals surface area contributed by atoms with Crippen molar-refractivity contribution in [3.63, 3.8) is 0 Å². The first-order chi connectivity index (χ1) is 10.2. The quantitative estimate of drug-likeness (QED) is 0.884. The molecule has 2 aromatic rings. The number of benzene rings is 2. The lowest BCUT2D eigenvalue weighted by atomic mass is 10.1. The maximum atomic E-state index is 12.9. The van der Waals surface area contributed by atoms with Crippen molar-refractivity contribution < 1.29 is 18.6 Å². The zero-order valence-corrected chi connectivity index (χ0v) is 12.3. The lowest BCUT2D eigenvalue weighted by molar-refractivity contribution is 0.322. The first-order valence-corrected chi connectivity index (χ1v) is 6.47. The van der Waals surface area contributed by atoms with Crippen molar-refractivity contribution in [3.05, 3.63) is 47.8 Å². The second-order valence-corrected chi connectivity index (χ2v) is 4.35. The van der Waals surface area contributed by atoms with E-state index in [9.17, 15) is 4.39 Å². The van der Waals surface area contributed by atoms with E-state index < -0.39 is 0 Å². The minimum atomic E-state index is -0.260. The molecule has 1 N–H and O–H groups in total. The summed E-state index contributed by atoms with van der Waals surface area (Å²) in [5, 5.41) is 3.21. The van der Waals surface area contributed by atoms with Crippen molar-refractivity contribution in [1.82, 2.24) is 0 Å². The molecule has 112 valence electrons. The second-order valence-electron chi connectivity index (χ2n) is 4.35. The summed E-state index contributed by atoms with van der Waals surface area (Å²) < 4.78 is 28.9. The van der Waals surface area contributed by atoms with Gasteiger partial charge in [0.15, 0.2) is 11.5 Å². The van der Waals surface area contributed by atoms with Gasteiger partial charge in [0.05, 0.1) is 21.3 Å². The first-order valence-electron chi connectivity index (χ1n) is 6.47. The average Bonchev–Trinajstić information content (AvgIpc) is 2.53. The molecule has 0 spiro atoms. The predicted octanol–water partition coefficient (Wildman–Crippen LogP) is 3.46. The summed E-state index contributed by atoms with van der Waals surface area (Å²) in [5.74, 6) is 1.52. The van der Waals surface area contributed by atoms with Crippen LogP contribution in [0.25, 0.3) is 0 Å². The van der Waals surface area contributed by atoms with Gasteiger partial charge in [-0.3, -0.25) is 0 Å². The molecule has 2 aromatic carbocycles. The number of rotatable bonds is 6. The number of anilines is 1. The summed E-state index contributed by atoms with van der Waals surface area (Å²) in [6.45, 7) is 0.523. The van der Waals surface area contributed by atoms with Gasteiger partial charge in [0, 0.05) is 17.8 Å². The maximum Gasteiger partial charge on any atom is 0.203 e. The first kappa shape index (κ1) is 15.0. The van der Waals surface area contributed by atoms with E-state index in [0.29, 0.717) is 23.8 Å². The second kappa shape index (κ2) is 6.83. The summed E-state index contributed by atoms with van der Waals surface area (Å²) in [5.41, 5.74) is 1.74. The van der Waals surface area contributed by atoms with Crippen LogP contribution in [0.4, 0.5) is 10.1 Å². The Labute approximate surface area is 123 Å². The highest BCUT2D eigenvalue weighted by atomic mass is 19.1. The third-order valence-corrected chi connectivity index (χ3v) is 3.11. The van der Waals surface area contributed by atoms with Crippen LogP contribution in [0.15, 0.2) is 36.4 Å². The maximum absolute atomic E-state index is 12.9. The molecule has 0 unspecified atom stereocenters. The minimum Gasteiger partial charge on any atom is -0.493 e. The third-order valence-electron chi connectivity index (χ3n) is 3.11. The summed E-state index contributed by atoms with van der Waals surface area (Å²) in [7, 11) is 4.73. The third kappa shape index (κ3) is 3.37. The molecule has 0 aliphatic carbocycles. The Kier molecular flexibility index (Phi) is 4.87. The largest absolute Gasteiger partial charge is 0.493 e. The van der Waals surface area contributed by atoms with E-state index in [2.05, 4.69) is 5.32 Å². The number of methoxy groups -OCH3 is 3. The Morgan fingerprint density at radius 3 is 2.10 bits per heavy atom. The molecule has 0 bridgehead atoms. The molecule has 0 saturated heterocycles. The minimum absolute atomic E-state index is 0.260. The summed E-state index contributed by atoms with van der Waals surface area (Å²) in [6.07, 6.45) is 0. The van der Waals surface area contributed by atoms with Crippen molar-refractivity contribution in [2.45, 2.75) is 6.54 Å².